The van der Waals surface area contributed by atoms with Crippen LogP contribution in [0.4, 0.5) is 13.2 Å². The molecule has 4 aliphatic rings. The number of fused-ring (bicyclic) bond motifs is 2. The van der Waals surface area contributed by atoms with E-state index >= 15 is 0 Å². The summed E-state index contributed by atoms with van der Waals surface area (Å²) in [6.45, 7) is 5.22. The third-order valence-corrected chi connectivity index (χ3v) is 8.72. The number of benzene rings is 1. The van der Waals surface area contributed by atoms with Gasteiger partial charge in [0, 0.05) is 29.5 Å². The van der Waals surface area contributed by atoms with E-state index in [-0.39, 0.29) is 23.8 Å². The molecule has 2 heterocycles. The van der Waals surface area contributed by atoms with Gasteiger partial charge in [-0.3, -0.25) is 4.79 Å². The number of halogens is 3. The summed E-state index contributed by atoms with van der Waals surface area (Å²) in [7, 11) is 0. The first-order chi connectivity index (χ1) is 13.7. The van der Waals surface area contributed by atoms with Gasteiger partial charge in [-0.05, 0) is 74.2 Å². The molecule has 2 aliphatic carbocycles. The predicted molar refractivity (Wildman–Crippen MR) is 101 cm³/mol. The standard InChI is InChI=1S/C22H27F3N2O2/c1-3-20-10-14-11-26-12(2)18(14)21(20)6-7-27(19(29)22(23,24)25)17(20)8-13-4-5-15(28)9-16(13)21/h4-5,9,12,14,17-18,26,28H,3,6-8,10-11H2,1-2H3/t12?,14-,17?,18?,20?,21?/m0/s1. The fourth-order valence-corrected chi connectivity index (χ4v) is 7.96. The number of hydrogen-bond acceptors (Lipinski definition) is 3. The Hall–Kier alpha value is -1.76. The van der Waals surface area contributed by atoms with Crippen LogP contribution in [0, 0.1) is 17.3 Å². The van der Waals surface area contributed by atoms with Crippen LogP contribution in [0.15, 0.2) is 18.2 Å². The van der Waals surface area contributed by atoms with E-state index in [1.54, 1.807) is 6.07 Å². The van der Waals surface area contributed by atoms with E-state index in [1.165, 1.54) is 0 Å². The number of alkyl halides is 3. The van der Waals surface area contributed by atoms with Crippen LogP contribution < -0.4 is 5.32 Å². The fourth-order valence-electron chi connectivity index (χ4n) is 7.96. The molecule has 0 spiro atoms. The van der Waals surface area contributed by atoms with Crippen LogP contribution in [0.5, 0.6) is 5.75 Å². The highest BCUT2D eigenvalue weighted by Gasteiger charge is 2.73. The Labute approximate surface area is 168 Å². The number of phenols is 1. The molecule has 4 nitrogen and oxygen atoms in total. The number of aromatic hydroxyl groups is 1. The average Bonchev–Trinajstić information content (AvgIpc) is 3.17. The molecule has 1 aromatic carbocycles. The number of carbonyl (C=O) groups excluding carboxylic acids is 1. The molecule has 158 valence electrons. The summed E-state index contributed by atoms with van der Waals surface area (Å²) in [5.74, 6) is -0.817. The summed E-state index contributed by atoms with van der Waals surface area (Å²) < 4.78 is 40.3. The van der Waals surface area contributed by atoms with Gasteiger partial charge >= 0.3 is 12.1 Å². The van der Waals surface area contributed by atoms with Crippen molar-refractivity contribution in [2.45, 2.75) is 63.2 Å². The van der Waals surface area contributed by atoms with Crippen LogP contribution >= 0.6 is 0 Å². The second-order valence-corrected chi connectivity index (χ2v) is 9.48. The lowest BCUT2D eigenvalue weighted by Crippen LogP contribution is -2.69. The zero-order valence-electron chi connectivity index (χ0n) is 16.7. The first kappa shape index (κ1) is 19.2. The van der Waals surface area contributed by atoms with Crippen molar-refractivity contribution < 1.29 is 23.1 Å². The minimum Gasteiger partial charge on any atom is -0.508 e. The molecule has 3 fully saturated rings. The summed E-state index contributed by atoms with van der Waals surface area (Å²) in [6, 6.07) is 5.12. The van der Waals surface area contributed by atoms with Crippen molar-refractivity contribution in [2.24, 2.45) is 17.3 Å². The normalized spacial score (nSPS) is 40.4. The first-order valence-corrected chi connectivity index (χ1v) is 10.6. The smallest absolute Gasteiger partial charge is 0.471 e. The molecule has 0 aromatic heterocycles. The number of hydrogen-bond donors (Lipinski definition) is 2. The van der Waals surface area contributed by atoms with E-state index in [2.05, 4.69) is 19.2 Å². The summed E-state index contributed by atoms with van der Waals surface area (Å²) in [4.78, 5) is 13.5. The van der Waals surface area contributed by atoms with Gasteiger partial charge in [-0.15, -0.1) is 0 Å². The number of carbonyl (C=O) groups is 1. The lowest BCUT2D eigenvalue weighted by molar-refractivity contribution is -0.197. The highest BCUT2D eigenvalue weighted by Crippen LogP contribution is 2.71. The topological polar surface area (TPSA) is 52.6 Å². The van der Waals surface area contributed by atoms with E-state index in [1.807, 2.05) is 12.1 Å². The molecule has 1 amide bonds. The molecule has 7 heteroatoms. The van der Waals surface area contributed by atoms with Crippen molar-refractivity contribution in [3.63, 3.8) is 0 Å². The van der Waals surface area contributed by atoms with Gasteiger partial charge in [0.2, 0.25) is 0 Å². The van der Waals surface area contributed by atoms with Crippen molar-refractivity contribution in [3.8, 4) is 5.75 Å². The fraction of sp³-hybridized carbons (Fsp3) is 0.682. The molecule has 1 saturated carbocycles. The number of phenolic OH excluding ortho intramolecular Hbond substituents is 1. The van der Waals surface area contributed by atoms with Gasteiger partial charge < -0.3 is 15.3 Å². The minimum absolute atomic E-state index is 0.121. The van der Waals surface area contributed by atoms with Crippen LogP contribution in [0.2, 0.25) is 0 Å². The Morgan fingerprint density at radius 2 is 2.14 bits per heavy atom. The molecule has 2 saturated heterocycles. The van der Waals surface area contributed by atoms with E-state index in [0.717, 1.165) is 35.4 Å². The molecule has 6 atom stereocenters. The van der Waals surface area contributed by atoms with Gasteiger partial charge in [-0.25, -0.2) is 0 Å². The minimum atomic E-state index is -4.85. The van der Waals surface area contributed by atoms with Gasteiger partial charge in [0.1, 0.15) is 5.75 Å². The molecule has 29 heavy (non-hydrogen) atoms. The number of nitrogens with zero attached hydrogens (tertiary/aromatic N) is 1. The SMILES string of the molecule is CCC12C[C@H]3CNC(C)C3C13CCN(C(=O)C(F)(F)F)C2Cc1ccc(O)cc13. The quantitative estimate of drug-likeness (QED) is 0.749. The molecular formula is C22H27F3N2O2. The van der Waals surface area contributed by atoms with Crippen LogP contribution in [-0.4, -0.2) is 47.3 Å². The number of nitrogens with one attached hydrogen (secondary N) is 1. The molecule has 1 aromatic rings. The Morgan fingerprint density at radius 3 is 2.83 bits per heavy atom. The third-order valence-electron chi connectivity index (χ3n) is 8.72. The molecule has 5 rings (SSSR count). The van der Waals surface area contributed by atoms with Gasteiger partial charge in [0.15, 0.2) is 0 Å². The number of likely N-dealkylation sites (tertiary alicyclic amines) is 1. The maximum atomic E-state index is 13.4. The number of rotatable bonds is 1. The summed E-state index contributed by atoms with van der Waals surface area (Å²) in [5.41, 5.74) is 1.39. The number of amides is 1. The van der Waals surface area contributed by atoms with Crippen molar-refractivity contribution in [2.75, 3.05) is 13.1 Å². The lowest BCUT2D eigenvalue weighted by Gasteiger charge is -2.63. The van der Waals surface area contributed by atoms with Crippen molar-refractivity contribution in [1.82, 2.24) is 10.2 Å². The van der Waals surface area contributed by atoms with Gasteiger partial charge in [-0.2, -0.15) is 13.2 Å². The highest BCUT2D eigenvalue weighted by atomic mass is 19.4. The Kier molecular flexibility index (Phi) is 3.91. The van der Waals surface area contributed by atoms with Crippen LogP contribution in [0.25, 0.3) is 0 Å². The average molecular weight is 408 g/mol. The van der Waals surface area contributed by atoms with Crippen LogP contribution in [-0.2, 0) is 16.6 Å². The zero-order valence-corrected chi connectivity index (χ0v) is 16.7. The number of piperidine rings is 1. The molecule has 0 radical (unpaired) electrons. The Morgan fingerprint density at radius 1 is 1.38 bits per heavy atom. The van der Waals surface area contributed by atoms with E-state index in [0.29, 0.717) is 24.7 Å². The van der Waals surface area contributed by atoms with Gasteiger partial charge in [0.05, 0.1) is 0 Å². The highest BCUT2D eigenvalue weighted by molar-refractivity contribution is 5.82. The molecule has 5 unspecified atom stereocenters. The largest absolute Gasteiger partial charge is 0.508 e. The molecular weight excluding hydrogens is 381 g/mol. The molecule has 2 aliphatic heterocycles. The van der Waals surface area contributed by atoms with Crippen molar-refractivity contribution in [1.29, 1.82) is 0 Å². The lowest BCUT2D eigenvalue weighted by atomic mass is 9.46. The van der Waals surface area contributed by atoms with E-state index in [4.69, 9.17) is 0 Å². The zero-order chi connectivity index (χ0) is 20.8. The second-order valence-electron chi connectivity index (χ2n) is 9.48. The van der Waals surface area contributed by atoms with E-state index in [9.17, 15) is 23.1 Å². The predicted octanol–water partition coefficient (Wildman–Crippen LogP) is 3.37. The molecule has 2 bridgehead atoms. The maximum Gasteiger partial charge on any atom is 0.471 e. The monoisotopic (exact) mass is 408 g/mol. The summed E-state index contributed by atoms with van der Waals surface area (Å²) >= 11 is 0. The maximum absolute atomic E-state index is 13.4. The summed E-state index contributed by atoms with van der Waals surface area (Å²) in [5, 5.41) is 13.9. The van der Waals surface area contributed by atoms with Gasteiger partial charge in [0.25, 0.3) is 0 Å². The first-order valence-electron chi connectivity index (χ1n) is 10.6. The second kappa shape index (κ2) is 5.90. The molecule has 2 N–H and O–H groups in total. The third kappa shape index (κ3) is 2.23. The van der Waals surface area contributed by atoms with E-state index < -0.39 is 23.5 Å². The van der Waals surface area contributed by atoms with Crippen molar-refractivity contribution in [3.05, 3.63) is 29.3 Å². The Balaban J connectivity index is 1.74. The van der Waals surface area contributed by atoms with Gasteiger partial charge in [-0.1, -0.05) is 13.0 Å². The van der Waals surface area contributed by atoms with Crippen molar-refractivity contribution >= 4 is 5.91 Å². The van der Waals surface area contributed by atoms with Crippen LogP contribution in [0.1, 0.15) is 44.2 Å². The van der Waals surface area contributed by atoms with Crippen LogP contribution in [0.3, 0.4) is 0 Å². The summed E-state index contributed by atoms with van der Waals surface area (Å²) in [6.07, 6.45) is -2.36. The Bertz CT molecular complexity index is 872.